The molecule has 0 radical (unpaired) electrons. The number of aryl methyl sites for hydroxylation is 1. The zero-order chi connectivity index (χ0) is 17.5. The maximum atomic E-state index is 6.14. The van der Waals surface area contributed by atoms with Gasteiger partial charge in [0.15, 0.2) is 22.3 Å². The second kappa shape index (κ2) is 5.99. The third kappa shape index (κ3) is 2.22. The topological polar surface area (TPSA) is 34.8 Å². The number of aromatic nitrogens is 3. The average molecular weight is 342 g/mol. The molecule has 0 saturated carbocycles. The van der Waals surface area contributed by atoms with Crippen molar-refractivity contribution in [2.24, 2.45) is 0 Å². The molecule has 26 heavy (non-hydrogen) atoms. The van der Waals surface area contributed by atoms with Gasteiger partial charge in [0.25, 0.3) is 0 Å². The lowest BCUT2D eigenvalue weighted by molar-refractivity contribution is -0.672. The van der Waals surface area contributed by atoms with Gasteiger partial charge in [-0.3, -0.25) is 0 Å². The van der Waals surface area contributed by atoms with Crippen LogP contribution in [0, 0.1) is 0 Å². The Labute approximate surface area is 151 Å². The minimum atomic E-state index is 0.685. The van der Waals surface area contributed by atoms with Crippen molar-refractivity contribution in [3.8, 4) is 5.69 Å². The smallest absolute Gasteiger partial charge is 0.250 e. The summed E-state index contributed by atoms with van der Waals surface area (Å²) < 4.78 is 10.7. The fourth-order valence-corrected chi connectivity index (χ4v) is 3.68. The Balaban J connectivity index is 1.80. The first-order valence-corrected chi connectivity index (χ1v) is 9.13. The quantitative estimate of drug-likeness (QED) is 0.430. The van der Waals surface area contributed by atoms with Crippen molar-refractivity contribution in [1.29, 1.82) is 0 Å². The number of benzene rings is 2. The molecule has 5 rings (SSSR count). The molecule has 0 bridgehead atoms. The van der Waals surface area contributed by atoms with E-state index < -0.39 is 0 Å². The van der Waals surface area contributed by atoms with Crippen LogP contribution in [-0.4, -0.2) is 9.55 Å². The minimum Gasteiger partial charge on any atom is -0.433 e. The first-order valence-electron chi connectivity index (χ1n) is 9.13. The predicted molar refractivity (Wildman–Crippen MR) is 103 cm³/mol. The number of furan rings is 1. The van der Waals surface area contributed by atoms with E-state index >= 15 is 0 Å². The van der Waals surface area contributed by atoms with Gasteiger partial charge in [-0.05, 0) is 36.8 Å². The normalized spacial score (nSPS) is 11.7. The van der Waals surface area contributed by atoms with Gasteiger partial charge in [-0.25, -0.2) is 9.55 Å². The minimum absolute atomic E-state index is 0.685. The van der Waals surface area contributed by atoms with Gasteiger partial charge in [-0.1, -0.05) is 37.6 Å². The monoisotopic (exact) mass is 342 g/mol. The zero-order valence-corrected chi connectivity index (χ0v) is 14.7. The van der Waals surface area contributed by atoms with Crippen molar-refractivity contribution in [3.63, 3.8) is 0 Å². The first-order chi connectivity index (χ1) is 12.9. The summed E-state index contributed by atoms with van der Waals surface area (Å²) in [4.78, 5) is 4.38. The zero-order valence-electron chi connectivity index (χ0n) is 14.7. The second-order valence-corrected chi connectivity index (χ2v) is 6.63. The number of rotatable bonds is 4. The molecular formula is C22H20N3O+. The Morgan fingerprint density at radius 2 is 1.88 bits per heavy atom. The van der Waals surface area contributed by atoms with Crippen molar-refractivity contribution >= 4 is 33.1 Å². The standard InChI is InChI=1S/C22H20N3O/c1-2-3-14-24-15-25(19-11-5-4-10-18(19)24)20-12-6-8-16-17-9-7-13-23-22(17)26-21(16)20/h4-13,15H,2-3,14H2,1H3/q+1. The Bertz CT molecular complexity index is 1230. The highest BCUT2D eigenvalue weighted by Crippen LogP contribution is 2.32. The van der Waals surface area contributed by atoms with E-state index in [0.717, 1.165) is 35.0 Å². The van der Waals surface area contributed by atoms with Gasteiger partial charge in [0.2, 0.25) is 12.0 Å². The molecule has 4 nitrogen and oxygen atoms in total. The van der Waals surface area contributed by atoms with Gasteiger partial charge in [0.1, 0.15) is 0 Å². The van der Waals surface area contributed by atoms with Crippen molar-refractivity contribution in [3.05, 3.63) is 67.1 Å². The molecule has 0 aliphatic heterocycles. The van der Waals surface area contributed by atoms with E-state index in [1.165, 1.54) is 17.5 Å². The van der Waals surface area contributed by atoms with Crippen molar-refractivity contribution in [2.75, 3.05) is 0 Å². The molecule has 2 aromatic carbocycles. The summed E-state index contributed by atoms with van der Waals surface area (Å²) in [5.74, 6) is 0. The van der Waals surface area contributed by atoms with Gasteiger partial charge < -0.3 is 4.42 Å². The molecule has 0 fully saturated rings. The van der Waals surface area contributed by atoms with Crippen LogP contribution < -0.4 is 4.57 Å². The van der Waals surface area contributed by atoms with E-state index in [1.54, 1.807) is 6.20 Å². The number of fused-ring (bicyclic) bond motifs is 4. The number of para-hydroxylation sites is 3. The average Bonchev–Trinajstić information content (AvgIpc) is 3.25. The van der Waals surface area contributed by atoms with Crippen LogP contribution in [-0.2, 0) is 6.54 Å². The maximum absolute atomic E-state index is 6.14. The third-order valence-electron chi connectivity index (χ3n) is 4.97. The number of pyridine rings is 1. The number of unbranched alkanes of at least 4 members (excludes halogenated alkanes) is 1. The summed E-state index contributed by atoms with van der Waals surface area (Å²) in [5.41, 5.74) is 5.04. The molecule has 0 spiro atoms. The summed E-state index contributed by atoms with van der Waals surface area (Å²) in [6.45, 7) is 3.24. The van der Waals surface area contributed by atoms with Crippen LogP contribution >= 0.6 is 0 Å². The highest BCUT2D eigenvalue weighted by atomic mass is 16.3. The van der Waals surface area contributed by atoms with E-state index in [9.17, 15) is 0 Å². The summed E-state index contributed by atoms with van der Waals surface area (Å²) in [6, 6.07) is 18.8. The second-order valence-electron chi connectivity index (χ2n) is 6.63. The molecule has 128 valence electrons. The third-order valence-corrected chi connectivity index (χ3v) is 4.97. The fraction of sp³-hybridized carbons (Fsp3) is 0.182. The molecule has 3 aromatic heterocycles. The molecule has 0 amide bonds. The lowest BCUT2D eigenvalue weighted by Gasteiger charge is -1.98. The Morgan fingerprint density at radius 3 is 2.81 bits per heavy atom. The summed E-state index contributed by atoms with van der Waals surface area (Å²) >= 11 is 0. The molecule has 3 heterocycles. The highest BCUT2D eigenvalue weighted by molar-refractivity contribution is 6.06. The van der Waals surface area contributed by atoms with Crippen LogP contribution in [0.3, 0.4) is 0 Å². The Morgan fingerprint density at radius 1 is 1.00 bits per heavy atom. The van der Waals surface area contributed by atoms with E-state index in [-0.39, 0.29) is 0 Å². The maximum Gasteiger partial charge on any atom is 0.250 e. The van der Waals surface area contributed by atoms with Gasteiger partial charge >= 0.3 is 0 Å². The molecule has 0 saturated heterocycles. The van der Waals surface area contributed by atoms with Crippen LogP contribution in [0.5, 0.6) is 0 Å². The highest BCUT2D eigenvalue weighted by Gasteiger charge is 2.21. The molecule has 0 aliphatic rings. The van der Waals surface area contributed by atoms with E-state index in [0.29, 0.717) is 5.71 Å². The number of imidazole rings is 1. The summed E-state index contributed by atoms with van der Waals surface area (Å²) in [6.07, 6.45) is 6.30. The lowest BCUT2D eigenvalue weighted by Crippen LogP contribution is -2.31. The molecule has 4 heteroatoms. The van der Waals surface area contributed by atoms with Gasteiger partial charge in [-0.2, -0.15) is 4.57 Å². The number of nitrogens with zero attached hydrogens (tertiary/aromatic N) is 3. The van der Waals surface area contributed by atoms with Crippen LogP contribution in [0.4, 0.5) is 0 Å². The van der Waals surface area contributed by atoms with E-state index in [2.05, 4.69) is 75.9 Å². The Kier molecular flexibility index (Phi) is 3.49. The molecule has 5 aromatic rings. The first kappa shape index (κ1) is 15.1. The van der Waals surface area contributed by atoms with Gasteiger partial charge in [0, 0.05) is 17.0 Å². The summed E-state index contributed by atoms with van der Waals surface area (Å²) in [7, 11) is 0. The SMILES string of the molecule is CCCC[n+]1cn(-c2cccc3c2oc2ncccc23)c2ccccc21. The molecular weight excluding hydrogens is 322 g/mol. The molecule has 0 aliphatic carbocycles. The largest absolute Gasteiger partial charge is 0.433 e. The van der Waals surface area contributed by atoms with Crippen molar-refractivity contribution in [1.82, 2.24) is 9.55 Å². The molecule has 0 atom stereocenters. The van der Waals surface area contributed by atoms with Crippen LogP contribution in [0.2, 0.25) is 0 Å². The summed E-state index contributed by atoms with van der Waals surface area (Å²) in [5, 5.41) is 2.16. The van der Waals surface area contributed by atoms with E-state index in [1.807, 2.05) is 6.07 Å². The number of hydrogen-bond donors (Lipinski definition) is 0. The van der Waals surface area contributed by atoms with Crippen LogP contribution in [0.1, 0.15) is 19.8 Å². The predicted octanol–water partition coefficient (Wildman–Crippen LogP) is 5.01. The van der Waals surface area contributed by atoms with Crippen LogP contribution in [0.25, 0.3) is 38.8 Å². The van der Waals surface area contributed by atoms with Crippen LogP contribution in [0.15, 0.2) is 71.5 Å². The van der Waals surface area contributed by atoms with Gasteiger partial charge in [0.05, 0.1) is 6.54 Å². The Hall–Kier alpha value is -3.14. The van der Waals surface area contributed by atoms with Crippen molar-refractivity contribution in [2.45, 2.75) is 26.3 Å². The molecule has 0 N–H and O–H groups in total. The van der Waals surface area contributed by atoms with E-state index in [4.69, 9.17) is 4.42 Å². The lowest BCUT2D eigenvalue weighted by atomic mass is 10.1. The van der Waals surface area contributed by atoms with Crippen molar-refractivity contribution < 1.29 is 8.98 Å². The molecule has 0 unspecified atom stereocenters. The fourth-order valence-electron chi connectivity index (χ4n) is 3.68. The van der Waals surface area contributed by atoms with Gasteiger partial charge in [-0.15, -0.1) is 0 Å². The number of hydrogen-bond acceptors (Lipinski definition) is 2.